The summed E-state index contributed by atoms with van der Waals surface area (Å²) in [6.07, 6.45) is 2.71. The average molecular weight is 293 g/mol. The molecule has 0 atom stereocenters. The number of hydrogen-bond donors (Lipinski definition) is 2. The van der Waals surface area contributed by atoms with Crippen LogP contribution in [0.1, 0.15) is 6.42 Å². The Morgan fingerprint density at radius 3 is 2.80 bits per heavy atom. The molecule has 6 nitrogen and oxygen atoms in total. The predicted molar refractivity (Wildman–Crippen MR) is 77.0 cm³/mol. The molecule has 20 heavy (non-hydrogen) atoms. The molecule has 7 heteroatoms. The lowest BCUT2D eigenvalue weighted by Gasteiger charge is -2.06. The first-order chi connectivity index (χ1) is 9.44. The van der Waals surface area contributed by atoms with Crippen LogP contribution in [0.2, 0.25) is 0 Å². The predicted octanol–water partition coefficient (Wildman–Crippen LogP) is 1.45. The van der Waals surface area contributed by atoms with Crippen molar-refractivity contribution in [2.24, 2.45) is 0 Å². The molecule has 0 aliphatic rings. The van der Waals surface area contributed by atoms with E-state index in [-0.39, 0.29) is 18.1 Å². The molecular weight excluding hydrogens is 278 g/mol. The molecule has 0 aliphatic heterocycles. The van der Waals surface area contributed by atoms with Crippen molar-refractivity contribution in [2.45, 2.75) is 6.42 Å². The second-order valence-corrected chi connectivity index (χ2v) is 6.74. The Labute approximate surface area is 117 Å². The van der Waals surface area contributed by atoms with Crippen LogP contribution < -0.4 is 5.32 Å². The normalized spacial score (nSPS) is 11.2. The minimum atomic E-state index is -3.13. The zero-order chi connectivity index (χ0) is 14.6. The smallest absolute Gasteiger partial charge is 0.225 e. The standard InChI is InChI=1S/C13H15N3O3S/c1-20(18,19)8-6-13(17)15-11-4-2-3-10(9-11)12-5-7-14-16-12/h2-5,7,9H,6,8H2,1H3,(H,14,16)(H,15,17). The molecule has 0 spiro atoms. The minimum Gasteiger partial charge on any atom is -0.326 e. The van der Waals surface area contributed by atoms with Gasteiger partial charge in [0, 0.05) is 30.1 Å². The maximum atomic E-state index is 11.7. The number of hydrogen-bond acceptors (Lipinski definition) is 4. The van der Waals surface area contributed by atoms with Gasteiger partial charge in [-0.2, -0.15) is 5.10 Å². The summed E-state index contributed by atoms with van der Waals surface area (Å²) in [6, 6.07) is 9.07. The van der Waals surface area contributed by atoms with Gasteiger partial charge in [0.15, 0.2) is 0 Å². The summed E-state index contributed by atoms with van der Waals surface area (Å²) in [7, 11) is -3.13. The highest BCUT2D eigenvalue weighted by atomic mass is 32.2. The molecule has 1 aromatic carbocycles. The Hall–Kier alpha value is -2.15. The number of carbonyl (C=O) groups excluding carboxylic acids is 1. The summed E-state index contributed by atoms with van der Waals surface area (Å²) >= 11 is 0. The van der Waals surface area contributed by atoms with Crippen molar-refractivity contribution in [3.05, 3.63) is 36.5 Å². The molecule has 0 bridgehead atoms. The quantitative estimate of drug-likeness (QED) is 0.872. The van der Waals surface area contributed by atoms with Crippen LogP contribution in [0.25, 0.3) is 11.3 Å². The number of sulfone groups is 1. The molecule has 0 unspecified atom stereocenters. The van der Waals surface area contributed by atoms with E-state index in [9.17, 15) is 13.2 Å². The number of benzene rings is 1. The SMILES string of the molecule is CS(=O)(=O)CCC(=O)Nc1cccc(-c2ccn[nH]2)c1. The number of aromatic nitrogens is 2. The highest BCUT2D eigenvalue weighted by Crippen LogP contribution is 2.20. The number of carbonyl (C=O) groups is 1. The lowest BCUT2D eigenvalue weighted by molar-refractivity contribution is -0.115. The average Bonchev–Trinajstić information content (AvgIpc) is 2.90. The van der Waals surface area contributed by atoms with E-state index in [2.05, 4.69) is 15.5 Å². The van der Waals surface area contributed by atoms with Crippen LogP contribution in [-0.2, 0) is 14.6 Å². The Morgan fingerprint density at radius 1 is 1.35 bits per heavy atom. The number of amides is 1. The second kappa shape index (κ2) is 5.87. The van der Waals surface area contributed by atoms with E-state index in [0.717, 1.165) is 17.5 Å². The van der Waals surface area contributed by atoms with Crippen LogP contribution >= 0.6 is 0 Å². The molecule has 2 N–H and O–H groups in total. The van der Waals surface area contributed by atoms with E-state index in [1.165, 1.54) is 0 Å². The third-order valence-electron chi connectivity index (χ3n) is 2.66. The highest BCUT2D eigenvalue weighted by Gasteiger charge is 2.08. The van der Waals surface area contributed by atoms with Gasteiger partial charge in [0.25, 0.3) is 0 Å². The molecule has 0 aliphatic carbocycles. The molecule has 1 amide bonds. The fourth-order valence-corrected chi connectivity index (χ4v) is 2.24. The minimum absolute atomic E-state index is 0.0485. The number of nitrogens with one attached hydrogen (secondary N) is 2. The van der Waals surface area contributed by atoms with Gasteiger partial charge in [-0.1, -0.05) is 12.1 Å². The summed E-state index contributed by atoms with van der Waals surface area (Å²) in [5.41, 5.74) is 2.36. The van der Waals surface area contributed by atoms with Gasteiger partial charge in [0.05, 0.1) is 11.4 Å². The number of anilines is 1. The van der Waals surface area contributed by atoms with Gasteiger partial charge < -0.3 is 5.32 Å². The van der Waals surface area contributed by atoms with E-state index < -0.39 is 9.84 Å². The molecule has 1 heterocycles. The largest absolute Gasteiger partial charge is 0.326 e. The molecule has 2 rings (SSSR count). The van der Waals surface area contributed by atoms with E-state index in [1.54, 1.807) is 18.3 Å². The van der Waals surface area contributed by atoms with Gasteiger partial charge in [0.1, 0.15) is 9.84 Å². The Morgan fingerprint density at radius 2 is 2.15 bits per heavy atom. The molecule has 0 saturated carbocycles. The van der Waals surface area contributed by atoms with Crippen LogP contribution in [0.5, 0.6) is 0 Å². The third-order valence-corrected chi connectivity index (χ3v) is 3.60. The van der Waals surface area contributed by atoms with Gasteiger partial charge >= 0.3 is 0 Å². The Kier molecular flexibility index (Phi) is 4.19. The first kappa shape index (κ1) is 14.3. The summed E-state index contributed by atoms with van der Waals surface area (Å²) in [5.74, 6) is -0.476. The van der Waals surface area contributed by atoms with Crippen molar-refractivity contribution in [3.63, 3.8) is 0 Å². The summed E-state index contributed by atoms with van der Waals surface area (Å²) < 4.78 is 22.0. The van der Waals surface area contributed by atoms with Crippen molar-refractivity contribution in [1.29, 1.82) is 0 Å². The van der Waals surface area contributed by atoms with Crippen molar-refractivity contribution < 1.29 is 13.2 Å². The maximum Gasteiger partial charge on any atom is 0.225 e. The lowest BCUT2D eigenvalue weighted by atomic mass is 10.1. The van der Waals surface area contributed by atoms with Gasteiger partial charge in [-0.25, -0.2) is 8.42 Å². The van der Waals surface area contributed by atoms with Crippen LogP contribution in [0.4, 0.5) is 5.69 Å². The summed E-state index contributed by atoms with van der Waals surface area (Å²) in [4.78, 5) is 11.7. The third kappa shape index (κ3) is 4.20. The molecule has 106 valence electrons. The highest BCUT2D eigenvalue weighted by molar-refractivity contribution is 7.90. The van der Waals surface area contributed by atoms with E-state index in [0.29, 0.717) is 5.69 Å². The van der Waals surface area contributed by atoms with Crippen LogP contribution in [-0.4, -0.2) is 36.5 Å². The Balaban J connectivity index is 2.03. The topological polar surface area (TPSA) is 91.9 Å². The molecule has 1 aromatic heterocycles. The Bertz CT molecular complexity index is 693. The molecular formula is C13H15N3O3S. The number of rotatable bonds is 5. The van der Waals surface area contributed by atoms with Crippen LogP contribution in [0.3, 0.4) is 0 Å². The molecule has 2 aromatic rings. The summed E-state index contributed by atoms with van der Waals surface area (Å²) in [5, 5.41) is 9.38. The number of nitrogens with zero attached hydrogens (tertiary/aromatic N) is 1. The van der Waals surface area contributed by atoms with Crippen molar-refractivity contribution in [3.8, 4) is 11.3 Å². The first-order valence-electron chi connectivity index (χ1n) is 6.01. The fraction of sp³-hybridized carbons (Fsp3) is 0.231. The fourth-order valence-electron chi connectivity index (χ4n) is 1.68. The zero-order valence-electron chi connectivity index (χ0n) is 11.0. The monoisotopic (exact) mass is 293 g/mol. The van der Waals surface area contributed by atoms with Gasteiger partial charge in [0.2, 0.25) is 5.91 Å². The first-order valence-corrected chi connectivity index (χ1v) is 8.07. The van der Waals surface area contributed by atoms with Crippen molar-refractivity contribution in [2.75, 3.05) is 17.3 Å². The van der Waals surface area contributed by atoms with Crippen molar-refractivity contribution >= 4 is 21.4 Å². The van der Waals surface area contributed by atoms with Gasteiger partial charge in [-0.3, -0.25) is 9.89 Å². The zero-order valence-corrected chi connectivity index (χ0v) is 11.8. The van der Waals surface area contributed by atoms with E-state index in [1.807, 2.05) is 18.2 Å². The van der Waals surface area contributed by atoms with E-state index in [4.69, 9.17) is 0 Å². The van der Waals surface area contributed by atoms with Gasteiger partial charge in [-0.05, 0) is 18.2 Å². The van der Waals surface area contributed by atoms with E-state index >= 15 is 0 Å². The van der Waals surface area contributed by atoms with Crippen LogP contribution in [0, 0.1) is 0 Å². The number of aromatic amines is 1. The number of H-pyrrole nitrogens is 1. The van der Waals surface area contributed by atoms with Crippen LogP contribution in [0.15, 0.2) is 36.5 Å². The summed E-state index contributed by atoms with van der Waals surface area (Å²) in [6.45, 7) is 0. The molecule has 0 radical (unpaired) electrons. The lowest BCUT2D eigenvalue weighted by Crippen LogP contribution is -2.16. The second-order valence-electron chi connectivity index (χ2n) is 4.48. The molecule has 0 fully saturated rings. The van der Waals surface area contributed by atoms with Crippen molar-refractivity contribution in [1.82, 2.24) is 10.2 Å². The maximum absolute atomic E-state index is 11.7. The molecule has 0 saturated heterocycles. The van der Waals surface area contributed by atoms with Gasteiger partial charge in [-0.15, -0.1) is 0 Å².